The van der Waals surface area contributed by atoms with Crippen molar-refractivity contribution in [2.75, 3.05) is 26.2 Å². The average molecular weight is 331 g/mol. The molecule has 3 heterocycles. The minimum atomic E-state index is -3.48. The predicted octanol–water partition coefficient (Wildman–Crippen LogP) is 1.92. The number of rotatable bonds is 2. The Balaban J connectivity index is 1.77. The lowest BCUT2D eigenvalue weighted by atomic mass is 9.87. The second kappa shape index (κ2) is 5.26. The van der Waals surface area contributed by atoms with Crippen molar-refractivity contribution in [2.24, 2.45) is 5.41 Å². The topological polar surface area (TPSA) is 62.3 Å². The molecule has 0 saturated carbocycles. The number of pyridine rings is 1. The average Bonchev–Trinajstić information content (AvgIpc) is 3.19. The molecule has 1 aromatic carbocycles. The van der Waals surface area contributed by atoms with Gasteiger partial charge in [0, 0.05) is 31.2 Å². The number of hydrogen-bond acceptors (Lipinski definition) is 4. The second-order valence-electron chi connectivity index (χ2n) is 6.80. The van der Waals surface area contributed by atoms with E-state index in [9.17, 15) is 8.42 Å². The van der Waals surface area contributed by atoms with Crippen LogP contribution < -0.4 is 5.32 Å². The maximum atomic E-state index is 13.2. The van der Waals surface area contributed by atoms with Gasteiger partial charge in [0.05, 0.1) is 10.4 Å². The van der Waals surface area contributed by atoms with Gasteiger partial charge in [0.1, 0.15) is 0 Å². The second-order valence-corrected chi connectivity index (χ2v) is 8.70. The number of aromatic nitrogens is 1. The van der Waals surface area contributed by atoms with Gasteiger partial charge in [-0.25, -0.2) is 8.42 Å². The molecule has 0 bridgehead atoms. The van der Waals surface area contributed by atoms with Gasteiger partial charge in [0.2, 0.25) is 10.0 Å². The minimum Gasteiger partial charge on any atom is -0.316 e. The lowest BCUT2D eigenvalue weighted by molar-refractivity contribution is 0.338. The lowest BCUT2D eigenvalue weighted by Gasteiger charge is -2.23. The van der Waals surface area contributed by atoms with Crippen LogP contribution in [-0.4, -0.2) is 43.9 Å². The molecular weight excluding hydrogens is 310 g/mol. The number of nitrogens with one attached hydrogen (secondary N) is 1. The molecule has 1 atom stereocenters. The standard InChI is InChI=1S/C17H21N3O2S/c1-13-4-5-15(14-3-2-8-19-16(13)14)23(21,22)20-10-7-17(12-20)6-9-18-11-17/h2-5,8,18H,6-7,9-12H2,1H3. The zero-order valence-corrected chi connectivity index (χ0v) is 14.1. The molecule has 6 heteroatoms. The number of nitrogens with zero attached hydrogens (tertiary/aromatic N) is 2. The SMILES string of the molecule is Cc1ccc(S(=O)(=O)N2CCC3(CCNC3)C2)c2cccnc12. The summed E-state index contributed by atoms with van der Waals surface area (Å²) in [5.74, 6) is 0. The van der Waals surface area contributed by atoms with Crippen LogP contribution in [0.15, 0.2) is 35.4 Å². The van der Waals surface area contributed by atoms with Gasteiger partial charge in [-0.15, -0.1) is 0 Å². The van der Waals surface area contributed by atoms with Crippen molar-refractivity contribution in [3.8, 4) is 0 Å². The molecule has 0 aliphatic carbocycles. The van der Waals surface area contributed by atoms with E-state index < -0.39 is 10.0 Å². The Kier molecular flexibility index (Phi) is 3.44. The molecule has 0 radical (unpaired) electrons. The van der Waals surface area contributed by atoms with Gasteiger partial charge >= 0.3 is 0 Å². The van der Waals surface area contributed by atoms with E-state index in [1.54, 1.807) is 22.6 Å². The third-order valence-corrected chi connectivity index (χ3v) is 7.19. The van der Waals surface area contributed by atoms with E-state index in [0.717, 1.165) is 42.4 Å². The van der Waals surface area contributed by atoms with Crippen LogP contribution in [0.2, 0.25) is 0 Å². The maximum absolute atomic E-state index is 13.2. The molecule has 2 aromatic rings. The van der Waals surface area contributed by atoms with Gasteiger partial charge in [-0.2, -0.15) is 4.31 Å². The first kappa shape index (κ1) is 15.1. The molecule has 1 unspecified atom stereocenters. The molecule has 1 N–H and O–H groups in total. The fourth-order valence-corrected chi connectivity index (χ4v) is 5.63. The van der Waals surface area contributed by atoms with E-state index in [0.29, 0.717) is 18.0 Å². The fraction of sp³-hybridized carbons (Fsp3) is 0.471. The number of fused-ring (bicyclic) bond motifs is 1. The van der Waals surface area contributed by atoms with Gasteiger partial charge in [0.15, 0.2) is 0 Å². The maximum Gasteiger partial charge on any atom is 0.243 e. The van der Waals surface area contributed by atoms with Crippen LogP contribution in [0.3, 0.4) is 0 Å². The molecule has 23 heavy (non-hydrogen) atoms. The van der Waals surface area contributed by atoms with Gasteiger partial charge in [-0.1, -0.05) is 6.07 Å². The molecule has 2 saturated heterocycles. The highest BCUT2D eigenvalue weighted by molar-refractivity contribution is 7.89. The van der Waals surface area contributed by atoms with Crippen LogP contribution in [0.25, 0.3) is 10.9 Å². The van der Waals surface area contributed by atoms with E-state index in [2.05, 4.69) is 10.3 Å². The number of aryl methyl sites for hydroxylation is 1. The highest BCUT2D eigenvalue weighted by Gasteiger charge is 2.44. The lowest BCUT2D eigenvalue weighted by Crippen LogP contribution is -2.33. The number of hydrogen-bond donors (Lipinski definition) is 1. The molecule has 0 amide bonds. The summed E-state index contributed by atoms with van der Waals surface area (Å²) in [5, 5.41) is 4.09. The third-order valence-electron chi connectivity index (χ3n) is 5.28. The predicted molar refractivity (Wildman–Crippen MR) is 89.8 cm³/mol. The Morgan fingerprint density at radius 3 is 2.91 bits per heavy atom. The third kappa shape index (κ3) is 2.36. The van der Waals surface area contributed by atoms with Crippen molar-refractivity contribution in [2.45, 2.75) is 24.7 Å². The van der Waals surface area contributed by atoms with Crippen LogP contribution in [0.5, 0.6) is 0 Å². The van der Waals surface area contributed by atoms with Gasteiger partial charge in [-0.3, -0.25) is 4.98 Å². The Labute approximate surface area is 136 Å². The first-order chi connectivity index (χ1) is 11.0. The zero-order valence-electron chi connectivity index (χ0n) is 13.2. The molecule has 1 spiro atoms. The van der Waals surface area contributed by atoms with Crippen molar-refractivity contribution >= 4 is 20.9 Å². The molecular formula is C17H21N3O2S. The first-order valence-corrected chi connectivity index (χ1v) is 9.51. The summed E-state index contributed by atoms with van der Waals surface area (Å²) >= 11 is 0. The normalized spacial score (nSPS) is 25.6. The van der Waals surface area contributed by atoms with E-state index in [-0.39, 0.29) is 5.41 Å². The van der Waals surface area contributed by atoms with Crippen molar-refractivity contribution in [1.29, 1.82) is 0 Å². The Morgan fingerprint density at radius 2 is 2.13 bits per heavy atom. The van der Waals surface area contributed by atoms with Crippen molar-refractivity contribution in [3.05, 3.63) is 36.0 Å². The minimum absolute atomic E-state index is 0.131. The van der Waals surface area contributed by atoms with Crippen molar-refractivity contribution in [1.82, 2.24) is 14.6 Å². The molecule has 2 aliphatic heterocycles. The molecule has 5 nitrogen and oxygen atoms in total. The summed E-state index contributed by atoms with van der Waals surface area (Å²) in [6.07, 6.45) is 3.72. The van der Waals surface area contributed by atoms with Gasteiger partial charge < -0.3 is 5.32 Å². The molecule has 122 valence electrons. The zero-order chi connectivity index (χ0) is 16.1. The van der Waals surface area contributed by atoms with Crippen molar-refractivity contribution < 1.29 is 8.42 Å². The number of benzene rings is 1. The fourth-order valence-electron chi connectivity index (χ4n) is 3.89. The monoisotopic (exact) mass is 331 g/mol. The molecule has 1 aromatic heterocycles. The summed E-state index contributed by atoms with van der Waals surface area (Å²) in [7, 11) is -3.48. The van der Waals surface area contributed by atoms with Crippen LogP contribution in [0.1, 0.15) is 18.4 Å². The summed E-state index contributed by atoms with van der Waals surface area (Å²) in [5.41, 5.74) is 1.90. The van der Waals surface area contributed by atoms with E-state index in [4.69, 9.17) is 0 Å². The summed E-state index contributed by atoms with van der Waals surface area (Å²) in [6, 6.07) is 7.23. The quantitative estimate of drug-likeness (QED) is 0.913. The van der Waals surface area contributed by atoms with Crippen LogP contribution >= 0.6 is 0 Å². The van der Waals surface area contributed by atoms with E-state index >= 15 is 0 Å². The molecule has 2 aliphatic rings. The van der Waals surface area contributed by atoms with E-state index in [1.165, 1.54) is 0 Å². The number of sulfonamides is 1. The van der Waals surface area contributed by atoms with E-state index in [1.807, 2.05) is 19.1 Å². The smallest absolute Gasteiger partial charge is 0.243 e. The van der Waals surface area contributed by atoms with Crippen LogP contribution in [0, 0.1) is 12.3 Å². The first-order valence-electron chi connectivity index (χ1n) is 8.07. The Hall–Kier alpha value is -1.50. The summed E-state index contributed by atoms with van der Waals surface area (Å²) in [4.78, 5) is 4.74. The van der Waals surface area contributed by atoms with Gasteiger partial charge in [-0.05, 0) is 55.5 Å². The Morgan fingerprint density at radius 1 is 1.26 bits per heavy atom. The van der Waals surface area contributed by atoms with Crippen LogP contribution in [0.4, 0.5) is 0 Å². The molecule has 4 rings (SSSR count). The van der Waals surface area contributed by atoms with Gasteiger partial charge in [0.25, 0.3) is 0 Å². The highest BCUT2D eigenvalue weighted by Crippen LogP contribution is 2.39. The highest BCUT2D eigenvalue weighted by atomic mass is 32.2. The Bertz CT molecular complexity index is 857. The summed E-state index contributed by atoms with van der Waals surface area (Å²) in [6.45, 7) is 5.11. The van der Waals surface area contributed by atoms with Crippen LogP contribution in [-0.2, 0) is 10.0 Å². The van der Waals surface area contributed by atoms with Crippen molar-refractivity contribution in [3.63, 3.8) is 0 Å². The molecule has 2 fully saturated rings. The largest absolute Gasteiger partial charge is 0.316 e. The summed E-state index contributed by atoms with van der Waals surface area (Å²) < 4.78 is 28.0.